The maximum atomic E-state index is 12.6. The predicted molar refractivity (Wildman–Crippen MR) is 85.3 cm³/mol. The van der Waals surface area contributed by atoms with Gasteiger partial charge >= 0.3 is 5.97 Å². The van der Waals surface area contributed by atoms with Crippen molar-refractivity contribution in [3.8, 4) is 0 Å². The highest BCUT2D eigenvalue weighted by Crippen LogP contribution is 2.36. The van der Waals surface area contributed by atoms with Crippen molar-refractivity contribution in [2.24, 2.45) is 0 Å². The van der Waals surface area contributed by atoms with Gasteiger partial charge in [-0.25, -0.2) is 0 Å². The van der Waals surface area contributed by atoms with Crippen molar-refractivity contribution in [2.45, 2.75) is 89.4 Å². The molecule has 2 saturated carbocycles. The summed E-state index contributed by atoms with van der Waals surface area (Å²) in [5, 5.41) is 3.63. The number of carbonyl (C=O) groups is 1. The maximum absolute atomic E-state index is 12.6. The molecule has 0 amide bonds. The molecule has 3 atom stereocenters. The van der Waals surface area contributed by atoms with Crippen molar-refractivity contribution in [3.05, 3.63) is 0 Å². The van der Waals surface area contributed by atoms with Gasteiger partial charge < -0.3 is 9.64 Å². The second-order valence-electron chi connectivity index (χ2n) is 6.89. The molecule has 21 heavy (non-hydrogen) atoms. The molecule has 4 nitrogen and oxygen atoms in total. The van der Waals surface area contributed by atoms with Gasteiger partial charge in [-0.1, -0.05) is 6.92 Å². The Labute approximate surface area is 129 Å². The second kappa shape index (κ2) is 7.10. The van der Waals surface area contributed by atoms with E-state index in [4.69, 9.17) is 4.74 Å². The van der Waals surface area contributed by atoms with E-state index in [0.29, 0.717) is 24.7 Å². The third-order valence-corrected chi connectivity index (χ3v) is 5.31. The van der Waals surface area contributed by atoms with E-state index in [0.717, 1.165) is 25.7 Å². The zero-order chi connectivity index (χ0) is 15.5. The topological polar surface area (TPSA) is 41.6 Å². The number of rotatable bonds is 7. The Kier molecular flexibility index (Phi) is 5.67. The van der Waals surface area contributed by atoms with Crippen LogP contribution >= 0.6 is 0 Å². The van der Waals surface area contributed by atoms with Crippen molar-refractivity contribution in [1.29, 1.82) is 0 Å². The van der Waals surface area contributed by atoms with Crippen molar-refractivity contribution in [1.82, 2.24) is 10.2 Å². The quantitative estimate of drug-likeness (QED) is 0.734. The molecule has 2 fully saturated rings. The van der Waals surface area contributed by atoms with Gasteiger partial charge in [-0.2, -0.15) is 0 Å². The molecule has 0 aromatic rings. The molecular weight excluding hydrogens is 264 g/mol. The van der Waals surface area contributed by atoms with Crippen molar-refractivity contribution >= 4 is 5.97 Å². The molecule has 0 aromatic heterocycles. The first kappa shape index (κ1) is 16.8. The van der Waals surface area contributed by atoms with Gasteiger partial charge in [0.05, 0.1) is 6.61 Å². The molecule has 0 bridgehead atoms. The molecule has 122 valence electrons. The third kappa shape index (κ3) is 3.98. The van der Waals surface area contributed by atoms with E-state index in [9.17, 15) is 4.79 Å². The van der Waals surface area contributed by atoms with E-state index < -0.39 is 5.54 Å². The molecule has 3 unspecified atom stereocenters. The van der Waals surface area contributed by atoms with Gasteiger partial charge in [0.2, 0.25) is 0 Å². The summed E-state index contributed by atoms with van der Waals surface area (Å²) in [5.74, 6) is -0.0286. The molecule has 0 aromatic carbocycles. The minimum Gasteiger partial charge on any atom is -0.465 e. The molecule has 0 spiro atoms. The summed E-state index contributed by atoms with van der Waals surface area (Å²) in [6, 6.07) is 1.57. The molecule has 2 aliphatic rings. The fraction of sp³-hybridized carbons (Fsp3) is 0.941. The Morgan fingerprint density at radius 2 is 2.10 bits per heavy atom. The van der Waals surface area contributed by atoms with Crippen LogP contribution in [0.2, 0.25) is 0 Å². The molecule has 0 heterocycles. The number of ether oxygens (including phenoxy) is 1. The summed E-state index contributed by atoms with van der Waals surface area (Å²) in [5.41, 5.74) is -0.443. The number of hydrogen-bond acceptors (Lipinski definition) is 4. The van der Waals surface area contributed by atoms with Gasteiger partial charge in [0.15, 0.2) is 0 Å². The van der Waals surface area contributed by atoms with Crippen LogP contribution in [0.25, 0.3) is 0 Å². The first-order valence-corrected chi connectivity index (χ1v) is 8.69. The minimum atomic E-state index is -0.443. The number of nitrogens with zero attached hydrogens (tertiary/aromatic N) is 1. The van der Waals surface area contributed by atoms with Crippen LogP contribution in [0.4, 0.5) is 0 Å². The van der Waals surface area contributed by atoms with Gasteiger partial charge in [0.25, 0.3) is 0 Å². The summed E-state index contributed by atoms with van der Waals surface area (Å²) in [4.78, 5) is 15.0. The highest BCUT2D eigenvalue weighted by Gasteiger charge is 2.47. The highest BCUT2D eigenvalue weighted by molar-refractivity contribution is 5.81. The molecule has 0 radical (unpaired) electrons. The molecular formula is C17H32N2O2. The normalized spacial score (nSPS) is 31.2. The van der Waals surface area contributed by atoms with Crippen LogP contribution in [0.15, 0.2) is 0 Å². The third-order valence-electron chi connectivity index (χ3n) is 5.31. The smallest absolute Gasteiger partial charge is 0.326 e. The number of carbonyl (C=O) groups excluding carboxylic acids is 1. The summed E-state index contributed by atoms with van der Waals surface area (Å²) in [6.45, 7) is 6.87. The van der Waals surface area contributed by atoms with E-state index in [1.807, 2.05) is 6.92 Å². The lowest BCUT2D eigenvalue weighted by Gasteiger charge is -2.44. The Morgan fingerprint density at radius 3 is 2.67 bits per heavy atom. The average Bonchev–Trinajstić information content (AvgIpc) is 3.30. The largest absolute Gasteiger partial charge is 0.465 e. The van der Waals surface area contributed by atoms with Crippen LogP contribution in [0.3, 0.4) is 0 Å². The molecule has 4 heteroatoms. The summed E-state index contributed by atoms with van der Waals surface area (Å²) < 4.78 is 5.41. The van der Waals surface area contributed by atoms with E-state index in [1.165, 1.54) is 19.3 Å². The summed E-state index contributed by atoms with van der Waals surface area (Å²) in [7, 11) is 2.21. The minimum absolute atomic E-state index is 0.0286. The Bertz CT molecular complexity index is 357. The molecule has 0 aliphatic heterocycles. The average molecular weight is 296 g/mol. The maximum Gasteiger partial charge on any atom is 0.326 e. The van der Waals surface area contributed by atoms with Crippen molar-refractivity contribution < 1.29 is 9.53 Å². The Morgan fingerprint density at radius 1 is 1.38 bits per heavy atom. The molecule has 2 rings (SSSR count). The van der Waals surface area contributed by atoms with Crippen LogP contribution in [0, 0.1) is 0 Å². The number of hydrogen-bond donors (Lipinski definition) is 1. The van der Waals surface area contributed by atoms with Crippen LogP contribution in [-0.2, 0) is 9.53 Å². The fourth-order valence-electron chi connectivity index (χ4n) is 3.50. The Balaban J connectivity index is 2.09. The van der Waals surface area contributed by atoms with E-state index >= 15 is 0 Å². The Hall–Kier alpha value is -0.610. The lowest BCUT2D eigenvalue weighted by Crippen LogP contribution is -2.59. The monoisotopic (exact) mass is 296 g/mol. The van der Waals surface area contributed by atoms with Crippen molar-refractivity contribution in [3.63, 3.8) is 0 Å². The van der Waals surface area contributed by atoms with Gasteiger partial charge in [0.1, 0.15) is 5.54 Å². The van der Waals surface area contributed by atoms with Crippen LogP contribution in [0.1, 0.15) is 65.7 Å². The van der Waals surface area contributed by atoms with Gasteiger partial charge in [-0.05, 0) is 65.8 Å². The fourth-order valence-corrected chi connectivity index (χ4v) is 3.50. The summed E-state index contributed by atoms with van der Waals surface area (Å²) in [6.07, 6.45) is 7.66. The van der Waals surface area contributed by atoms with Gasteiger partial charge in [0, 0.05) is 18.1 Å². The SMILES string of the molecule is CCOC(=O)C1(NC2CC2)CCCC(N(C)C(C)CC)C1. The highest BCUT2D eigenvalue weighted by atomic mass is 16.5. The van der Waals surface area contributed by atoms with Crippen LogP contribution in [-0.4, -0.2) is 48.2 Å². The standard InChI is InChI=1S/C17H32N2O2/c1-5-13(3)19(4)15-8-7-11-17(12-15,16(20)21-6-2)18-14-9-10-14/h13-15,18H,5-12H2,1-4H3. The van der Waals surface area contributed by atoms with Crippen molar-refractivity contribution in [2.75, 3.05) is 13.7 Å². The van der Waals surface area contributed by atoms with Crippen LogP contribution < -0.4 is 5.32 Å². The number of nitrogens with one attached hydrogen (secondary N) is 1. The molecule has 1 N–H and O–H groups in total. The van der Waals surface area contributed by atoms with E-state index in [1.54, 1.807) is 0 Å². The van der Waals surface area contributed by atoms with Crippen LogP contribution in [0.5, 0.6) is 0 Å². The lowest BCUT2D eigenvalue weighted by molar-refractivity contribution is -0.154. The van der Waals surface area contributed by atoms with Gasteiger partial charge in [-0.3, -0.25) is 10.1 Å². The van der Waals surface area contributed by atoms with Gasteiger partial charge in [-0.15, -0.1) is 0 Å². The predicted octanol–water partition coefficient (Wildman–Crippen LogP) is 2.71. The summed E-state index contributed by atoms with van der Waals surface area (Å²) >= 11 is 0. The first-order valence-electron chi connectivity index (χ1n) is 8.69. The molecule has 2 aliphatic carbocycles. The second-order valence-corrected chi connectivity index (χ2v) is 6.89. The zero-order valence-corrected chi connectivity index (χ0v) is 14.2. The lowest BCUT2D eigenvalue weighted by atomic mass is 9.78. The van der Waals surface area contributed by atoms with E-state index in [2.05, 4.69) is 31.1 Å². The molecule has 0 saturated heterocycles. The first-order chi connectivity index (χ1) is 10.0. The van der Waals surface area contributed by atoms with E-state index in [-0.39, 0.29) is 5.97 Å². The number of esters is 1. The zero-order valence-electron chi connectivity index (χ0n) is 14.2.